The number of hydrogen-bond donors (Lipinski definition) is 0. The van der Waals surface area contributed by atoms with Gasteiger partial charge in [0.1, 0.15) is 0 Å². The first kappa shape index (κ1) is 8.09. The van der Waals surface area contributed by atoms with Crippen LogP contribution in [0.2, 0.25) is 0 Å². The van der Waals surface area contributed by atoms with Crippen molar-refractivity contribution in [2.45, 2.75) is 25.2 Å². The molecule has 0 saturated heterocycles. The van der Waals surface area contributed by atoms with Crippen molar-refractivity contribution in [3.63, 3.8) is 0 Å². The van der Waals surface area contributed by atoms with Crippen LogP contribution in [0.15, 0.2) is 20.7 Å². The maximum absolute atomic E-state index is 12.1. The van der Waals surface area contributed by atoms with Crippen molar-refractivity contribution in [3.8, 4) is 0 Å². The first-order valence-electron chi connectivity index (χ1n) is 2.92. The van der Waals surface area contributed by atoms with E-state index in [-0.39, 0.29) is 6.42 Å². The van der Waals surface area contributed by atoms with Crippen molar-refractivity contribution in [3.05, 3.63) is 0 Å². The van der Waals surface area contributed by atoms with Crippen LogP contribution in [-0.2, 0) is 0 Å². The van der Waals surface area contributed by atoms with Crippen LogP contribution in [0.5, 0.6) is 0 Å². The molecule has 1 aliphatic heterocycles. The highest BCUT2D eigenvalue weighted by atomic mass is 19.4. The zero-order valence-corrected chi connectivity index (χ0v) is 5.63. The number of halogens is 3. The Labute approximate surface area is 60.2 Å². The van der Waals surface area contributed by atoms with Gasteiger partial charge in [-0.2, -0.15) is 13.2 Å². The van der Waals surface area contributed by atoms with Gasteiger partial charge in [-0.3, -0.25) is 0 Å². The molecule has 0 aromatic carbocycles. The molecule has 4 nitrogen and oxygen atoms in total. The van der Waals surface area contributed by atoms with Crippen molar-refractivity contribution >= 4 is 0 Å². The van der Waals surface area contributed by atoms with Crippen LogP contribution < -0.4 is 0 Å². The van der Waals surface area contributed by atoms with Gasteiger partial charge in [0.15, 0.2) is 0 Å². The van der Waals surface area contributed by atoms with Crippen LogP contribution in [0, 0.1) is 0 Å². The second-order valence-corrected chi connectivity index (χ2v) is 2.05. The van der Waals surface area contributed by atoms with E-state index in [1.807, 2.05) is 0 Å². The third-order valence-corrected chi connectivity index (χ3v) is 1.41. The van der Waals surface area contributed by atoms with E-state index in [4.69, 9.17) is 0 Å². The topological polar surface area (TPSA) is 49.4 Å². The largest absolute Gasteiger partial charge is 0.437 e. The van der Waals surface area contributed by atoms with E-state index in [9.17, 15) is 13.2 Å². The molecule has 0 spiro atoms. The van der Waals surface area contributed by atoms with Crippen molar-refractivity contribution < 1.29 is 13.2 Å². The van der Waals surface area contributed by atoms with Gasteiger partial charge in [0, 0.05) is 6.42 Å². The van der Waals surface area contributed by atoms with E-state index in [0.717, 1.165) is 0 Å². The third kappa shape index (κ3) is 1.10. The molecule has 0 unspecified atom stereocenters. The Hall–Kier alpha value is -1.01. The van der Waals surface area contributed by atoms with Crippen molar-refractivity contribution in [2.24, 2.45) is 20.7 Å². The van der Waals surface area contributed by atoms with Crippen molar-refractivity contribution in [1.29, 1.82) is 0 Å². The molecule has 0 saturated carbocycles. The fourth-order valence-electron chi connectivity index (χ4n) is 0.663. The lowest BCUT2D eigenvalue weighted by Crippen LogP contribution is -2.39. The fraction of sp³-hybridized carbons (Fsp3) is 1.00. The van der Waals surface area contributed by atoms with Crippen LogP contribution >= 0.6 is 0 Å². The quantitative estimate of drug-likeness (QED) is 0.574. The van der Waals surface area contributed by atoms with Crippen molar-refractivity contribution in [1.82, 2.24) is 0 Å². The summed E-state index contributed by atoms with van der Waals surface area (Å²) in [6, 6.07) is 0. The molecule has 0 atom stereocenters. The smallest absolute Gasteiger partial charge is 0.166 e. The van der Waals surface area contributed by atoms with Gasteiger partial charge in [-0.15, -0.1) is 10.2 Å². The summed E-state index contributed by atoms with van der Waals surface area (Å²) in [7, 11) is 0. The standard InChI is InChI=1S/C4H5F3N4/c1-2-3(4(5,6)7)8-10-11-9-3/h2H2,1H3. The van der Waals surface area contributed by atoms with Crippen LogP contribution in [0.3, 0.4) is 0 Å². The van der Waals surface area contributed by atoms with E-state index in [0.29, 0.717) is 0 Å². The van der Waals surface area contributed by atoms with Crippen LogP contribution in [0.1, 0.15) is 13.3 Å². The summed E-state index contributed by atoms with van der Waals surface area (Å²) >= 11 is 0. The molecular weight excluding hydrogens is 161 g/mol. The minimum absolute atomic E-state index is 0.274. The Morgan fingerprint density at radius 3 is 1.82 bits per heavy atom. The maximum Gasteiger partial charge on any atom is 0.437 e. The molecule has 1 heterocycles. The predicted octanol–water partition coefficient (Wildman–Crippen LogP) is 2.49. The van der Waals surface area contributed by atoms with E-state index in [1.54, 1.807) is 0 Å². The van der Waals surface area contributed by atoms with Gasteiger partial charge < -0.3 is 0 Å². The molecule has 7 heteroatoms. The van der Waals surface area contributed by atoms with Crippen molar-refractivity contribution in [2.75, 3.05) is 0 Å². The van der Waals surface area contributed by atoms with Gasteiger partial charge in [-0.05, 0) is 10.4 Å². The van der Waals surface area contributed by atoms with Gasteiger partial charge in [-0.25, -0.2) is 0 Å². The zero-order valence-electron chi connectivity index (χ0n) is 5.63. The second kappa shape index (κ2) is 2.24. The molecule has 0 radical (unpaired) electrons. The Balaban J connectivity index is 2.95. The molecule has 0 bridgehead atoms. The first-order chi connectivity index (χ1) is 5.02. The summed E-state index contributed by atoms with van der Waals surface area (Å²) in [5, 5.41) is 11.5. The predicted molar refractivity (Wildman–Crippen MR) is 28.8 cm³/mol. The van der Waals surface area contributed by atoms with E-state index in [1.165, 1.54) is 6.92 Å². The van der Waals surface area contributed by atoms with Crippen LogP contribution in [-0.4, -0.2) is 11.8 Å². The summed E-state index contributed by atoms with van der Waals surface area (Å²) in [6.07, 6.45) is -4.77. The van der Waals surface area contributed by atoms with Gasteiger partial charge in [0.25, 0.3) is 5.66 Å². The molecule has 1 aliphatic rings. The Bertz CT molecular complexity index is 194. The molecule has 0 aliphatic carbocycles. The molecule has 11 heavy (non-hydrogen) atoms. The van der Waals surface area contributed by atoms with Gasteiger partial charge in [0.2, 0.25) is 0 Å². The summed E-state index contributed by atoms with van der Waals surface area (Å²) in [5.41, 5.74) is -2.41. The molecular formula is C4H5F3N4. The van der Waals surface area contributed by atoms with E-state index >= 15 is 0 Å². The molecule has 62 valence electrons. The molecule has 0 amide bonds. The summed E-state index contributed by atoms with van der Waals surface area (Å²) in [6.45, 7) is 1.33. The molecule has 0 fully saturated rings. The Morgan fingerprint density at radius 1 is 1.18 bits per heavy atom. The zero-order chi connectivity index (χ0) is 8.54. The highest BCUT2D eigenvalue weighted by Gasteiger charge is 2.57. The molecule has 0 N–H and O–H groups in total. The number of rotatable bonds is 1. The average Bonchev–Trinajstić information content (AvgIpc) is 2.33. The minimum atomic E-state index is -4.49. The van der Waals surface area contributed by atoms with Gasteiger partial charge >= 0.3 is 6.18 Å². The monoisotopic (exact) mass is 166 g/mol. The SMILES string of the molecule is CCC1(C(F)(F)F)N=NN=N1. The minimum Gasteiger partial charge on any atom is -0.166 e. The Kier molecular flexibility index (Phi) is 1.65. The number of nitrogens with zero attached hydrogens (tertiary/aromatic N) is 4. The number of hydrogen-bond acceptors (Lipinski definition) is 4. The highest BCUT2D eigenvalue weighted by molar-refractivity contribution is 4.90. The number of alkyl halides is 3. The first-order valence-corrected chi connectivity index (χ1v) is 2.92. The lowest BCUT2D eigenvalue weighted by Gasteiger charge is -2.20. The summed E-state index contributed by atoms with van der Waals surface area (Å²) in [5.74, 6) is 0. The van der Waals surface area contributed by atoms with Crippen LogP contribution in [0.4, 0.5) is 13.2 Å². The summed E-state index contributed by atoms with van der Waals surface area (Å²) < 4.78 is 36.3. The summed E-state index contributed by atoms with van der Waals surface area (Å²) in [4.78, 5) is 0. The lowest BCUT2D eigenvalue weighted by molar-refractivity contribution is -0.184. The Morgan fingerprint density at radius 2 is 1.64 bits per heavy atom. The van der Waals surface area contributed by atoms with Gasteiger partial charge in [-0.1, -0.05) is 6.92 Å². The fourth-order valence-corrected chi connectivity index (χ4v) is 0.663. The maximum atomic E-state index is 12.1. The lowest BCUT2D eigenvalue weighted by atomic mass is 10.1. The van der Waals surface area contributed by atoms with E-state index < -0.39 is 11.8 Å². The van der Waals surface area contributed by atoms with Gasteiger partial charge in [0.05, 0.1) is 0 Å². The average molecular weight is 166 g/mol. The molecule has 0 aromatic heterocycles. The third-order valence-electron chi connectivity index (χ3n) is 1.41. The highest BCUT2D eigenvalue weighted by Crippen LogP contribution is 2.40. The molecule has 1 rings (SSSR count). The normalized spacial score (nSPS) is 21.1. The van der Waals surface area contributed by atoms with Crippen LogP contribution in [0.25, 0.3) is 0 Å². The van der Waals surface area contributed by atoms with E-state index in [2.05, 4.69) is 20.7 Å². The molecule has 0 aromatic rings. The second-order valence-electron chi connectivity index (χ2n) is 2.05.